The van der Waals surface area contributed by atoms with Crippen molar-refractivity contribution < 1.29 is 14.4 Å². The fourth-order valence-electron chi connectivity index (χ4n) is 4.31. The van der Waals surface area contributed by atoms with E-state index in [4.69, 9.17) is 11.6 Å². The summed E-state index contributed by atoms with van der Waals surface area (Å²) in [5, 5.41) is 0. The molecular weight excluding hydrogens is 408 g/mol. The van der Waals surface area contributed by atoms with E-state index in [1.807, 2.05) is 54.6 Å². The van der Waals surface area contributed by atoms with Crippen LogP contribution in [0, 0.1) is 0 Å². The number of benzene rings is 3. The third-order valence-corrected chi connectivity index (χ3v) is 6.57. The number of Topliss-reactive ketones (excluding diaryl/α,β-unsaturated/α-hetero) is 3. The molecule has 3 aromatic rings. The molecule has 0 fully saturated rings. The highest BCUT2D eigenvalue weighted by atomic mass is 35.5. The third-order valence-electron chi connectivity index (χ3n) is 5.96. The van der Waals surface area contributed by atoms with Gasteiger partial charge < -0.3 is 0 Å². The molecule has 0 aromatic heterocycles. The van der Waals surface area contributed by atoms with Gasteiger partial charge in [-0.1, -0.05) is 92.2 Å². The van der Waals surface area contributed by atoms with Gasteiger partial charge in [-0.25, -0.2) is 0 Å². The zero-order valence-electron chi connectivity index (χ0n) is 17.3. The predicted molar refractivity (Wildman–Crippen MR) is 122 cm³/mol. The Kier molecular flexibility index (Phi) is 5.88. The molecule has 1 unspecified atom stereocenters. The van der Waals surface area contributed by atoms with Crippen LogP contribution in [0.1, 0.15) is 67.9 Å². The topological polar surface area (TPSA) is 51.2 Å². The molecule has 0 heterocycles. The molecular formula is C27H23ClO3. The molecule has 3 nitrogen and oxygen atoms in total. The van der Waals surface area contributed by atoms with Crippen LogP contribution >= 0.6 is 11.6 Å². The second-order valence-corrected chi connectivity index (χ2v) is 8.55. The summed E-state index contributed by atoms with van der Waals surface area (Å²) in [5.74, 6) is -1.79. The summed E-state index contributed by atoms with van der Waals surface area (Å²) < 4.78 is 0. The molecule has 1 aliphatic carbocycles. The first kappa shape index (κ1) is 21.2. The van der Waals surface area contributed by atoms with Crippen LogP contribution in [0.2, 0.25) is 0 Å². The minimum atomic E-state index is -1.83. The van der Waals surface area contributed by atoms with E-state index in [1.165, 1.54) is 5.56 Å². The van der Waals surface area contributed by atoms with Crippen LogP contribution in [0.15, 0.2) is 78.9 Å². The standard InChI is InChI=1S/C27H23ClO3/c1-2-8-18-13-15-20(16-14-18)24(29)17-23(19-9-4-3-5-10-19)27(28)25(30)21-11-6-7-12-22(21)26(27)31/h3-7,9-16,23H,2,8,17H2,1H3. The Morgan fingerprint density at radius 3 is 1.94 bits per heavy atom. The summed E-state index contributed by atoms with van der Waals surface area (Å²) >= 11 is 6.88. The molecule has 0 saturated carbocycles. The third kappa shape index (κ3) is 3.75. The molecule has 0 aliphatic heterocycles. The van der Waals surface area contributed by atoms with Crippen molar-refractivity contribution in [2.45, 2.75) is 37.0 Å². The van der Waals surface area contributed by atoms with Crippen molar-refractivity contribution in [3.8, 4) is 0 Å². The molecule has 1 aliphatic rings. The molecule has 4 rings (SSSR count). The van der Waals surface area contributed by atoms with E-state index >= 15 is 0 Å². The summed E-state index contributed by atoms with van der Waals surface area (Å²) in [6.45, 7) is 2.11. The lowest BCUT2D eigenvalue weighted by Crippen LogP contribution is -2.42. The molecule has 4 heteroatoms. The van der Waals surface area contributed by atoms with Crippen LogP contribution in [-0.4, -0.2) is 22.2 Å². The van der Waals surface area contributed by atoms with Gasteiger partial charge in [-0.15, -0.1) is 11.6 Å². The second-order valence-electron chi connectivity index (χ2n) is 7.95. The van der Waals surface area contributed by atoms with Gasteiger partial charge in [-0.05, 0) is 17.5 Å². The summed E-state index contributed by atoms with van der Waals surface area (Å²) in [6, 6.07) is 23.3. The van der Waals surface area contributed by atoms with Gasteiger partial charge in [0.05, 0.1) is 0 Å². The monoisotopic (exact) mass is 430 g/mol. The SMILES string of the molecule is CCCc1ccc(C(=O)CC(c2ccccc2)C2(Cl)C(=O)c3ccccc3C2=O)cc1. The Morgan fingerprint density at radius 2 is 1.39 bits per heavy atom. The van der Waals surface area contributed by atoms with Crippen molar-refractivity contribution in [1.82, 2.24) is 0 Å². The summed E-state index contributed by atoms with van der Waals surface area (Å²) in [4.78, 5) is 38.0. The molecule has 0 radical (unpaired) electrons. The Hall–Kier alpha value is -3.04. The Labute approximate surface area is 187 Å². The van der Waals surface area contributed by atoms with Crippen molar-refractivity contribution in [3.63, 3.8) is 0 Å². The molecule has 3 aromatic carbocycles. The molecule has 0 N–H and O–H groups in total. The van der Waals surface area contributed by atoms with Crippen molar-refractivity contribution in [2.24, 2.45) is 0 Å². The summed E-state index contributed by atoms with van der Waals surface area (Å²) in [5.41, 5.74) is 3.06. The maximum atomic E-state index is 13.3. The molecule has 1 atom stereocenters. The number of carbonyl (C=O) groups excluding carboxylic acids is 3. The van der Waals surface area contributed by atoms with E-state index in [1.54, 1.807) is 24.3 Å². The number of carbonyl (C=O) groups is 3. The van der Waals surface area contributed by atoms with E-state index in [0.29, 0.717) is 22.3 Å². The zero-order valence-corrected chi connectivity index (χ0v) is 18.1. The number of alkyl halides is 1. The normalized spacial score (nSPS) is 15.5. The van der Waals surface area contributed by atoms with E-state index < -0.39 is 22.4 Å². The first-order valence-electron chi connectivity index (χ1n) is 10.5. The van der Waals surface area contributed by atoms with Crippen LogP contribution in [0.3, 0.4) is 0 Å². The fourth-order valence-corrected chi connectivity index (χ4v) is 4.72. The lowest BCUT2D eigenvalue weighted by atomic mass is 9.78. The molecule has 0 amide bonds. The number of halogens is 1. The lowest BCUT2D eigenvalue weighted by Gasteiger charge is -2.29. The summed E-state index contributed by atoms with van der Waals surface area (Å²) in [7, 11) is 0. The predicted octanol–water partition coefficient (Wildman–Crippen LogP) is 6.05. The van der Waals surface area contributed by atoms with Gasteiger partial charge in [0.25, 0.3) is 0 Å². The average molecular weight is 431 g/mol. The van der Waals surface area contributed by atoms with Gasteiger partial charge in [-0.2, -0.15) is 0 Å². The minimum Gasteiger partial charge on any atom is -0.294 e. The number of fused-ring (bicyclic) bond motifs is 1. The van der Waals surface area contributed by atoms with E-state index in [2.05, 4.69) is 6.92 Å². The maximum Gasteiger partial charge on any atom is 0.193 e. The van der Waals surface area contributed by atoms with Crippen LogP contribution < -0.4 is 0 Å². The van der Waals surface area contributed by atoms with Crippen LogP contribution in [0.5, 0.6) is 0 Å². The van der Waals surface area contributed by atoms with Gasteiger partial charge in [0, 0.05) is 29.0 Å². The number of hydrogen-bond acceptors (Lipinski definition) is 3. The molecule has 156 valence electrons. The van der Waals surface area contributed by atoms with E-state index in [9.17, 15) is 14.4 Å². The zero-order chi connectivity index (χ0) is 22.0. The van der Waals surface area contributed by atoms with Crippen molar-refractivity contribution >= 4 is 29.0 Å². The highest BCUT2D eigenvalue weighted by Crippen LogP contribution is 2.46. The van der Waals surface area contributed by atoms with Crippen molar-refractivity contribution in [1.29, 1.82) is 0 Å². The lowest BCUT2D eigenvalue weighted by molar-refractivity contribution is 0.0829. The minimum absolute atomic E-state index is 0.0356. The Morgan fingerprint density at radius 1 is 0.839 bits per heavy atom. The van der Waals surface area contributed by atoms with Crippen molar-refractivity contribution in [3.05, 3.63) is 107 Å². The van der Waals surface area contributed by atoms with Crippen LogP contribution in [-0.2, 0) is 6.42 Å². The number of aryl methyl sites for hydroxylation is 1. The summed E-state index contributed by atoms with van der Waals surface area (Å²) in [6.07, 6.45) is 1.95. The second kappa shape index (κ2) is 8.60. The van der Waals surface area contributed by atoms with Gasteiger partial charge in [0.1, 0.15) is 0 Å². The van der Waals surface area contributed by atoms with Gasteiger partial charge in [-0.3, -0.25) is 14.4 Å². The van der Waals surface area contributed by atoms with Crippen LogP contribution in [0.4, 0.5) is 0 Å². The first-order chi connectivity index (χ1) is 15.0. The number of rotatable bonds is 7. The quantitative estimate of drug-likeness (QED) is 0.260. The molecule has 0 spiro atoms. The fraction of sp³-hybridized carbons (Fsp3) is 0.222. The molecule has 0 bridgehead atoms. The van der Waals surface area contributed by atoms with E-state index in [-0.39, 0.29) is 12.2 Å². The number of ketones is 3. The number of hydrogen-bond donors (Lipinski definition) is 0. The van der Waals surface area contributed by atoms with Gasteiger partial charge in [0.2, 0.25) is 0 Å². The average Bonchev–Trinajstić information content (AvgIpc) is 3.00. The highest BCUT2D eigenvalue weighted by molar-refractivity contribution is 6.56. The van der Waals surface area contributed by atoms with Crippen molar-refractivity contribution in [2.75, 3.05) is 0 Å². The highest BCUT2D eigenvalue weighted by Gasteiger charge is 2.57. The van der Waals surface area contributed by atoms with Gasteiger partial charge in [0.15, 0.2) is 22.2 Å². The Bertz CT molecular complexity index is 1100. The smallest absolute Gasteiger partial charge is 0.193 e. The largest absolute Gasteiger partial charge is 0.294 e. The maximum absolute atomic E-state index is 13.3. The molecule has 31 heavy (non-hydrogen) atoms. The van der Waals surface area contributed by atoms with E-state index in [0.717, 1.165) is 12.8 Å². The Balaban J connectivity index is 1.72. The van der Waals surface area contributed by atoms with Gasteiger partial charge >= 0.3 is 0 Å². The van der Waals surface area contributed by atoms with Crippen LogP contribution in [0.25, 0.3) is 0 Å². The first-order valence-corrected chi connectivity index (χ1v) is 10.9. The molecule has 0 saturated heterocycles.